The largest absolute Gasteiger partial charge is 0.484 e. The fourth-order valence-corrected chi connectivity index (χ4v) is 2.93. The Kier molecular flexibility index (Phi) is 7.50. The summed E-state index contributed by atoms with van der Waals surface area (Å²) in [6, 6.07) is 9.41. The second-order valence-electron chi connectivity index (χ2n) is 6.64. The maximum absolute atomic E-state index is 13.4. The molecule has 0 radical (unpaired) electrons. The van der Waals surface area contributed by atoms with Gasteiger partial charge >= 0.3 is 0 Å². The van der Waals surface area contributed by atoms with Crippen molar-refractivity contribution in [1.29, 1.82) is 0 Å². The van der Waals surface area contributed by atoms with E-state index >= 15 is 0 Å². The summed E-state index contributed by atoms with van der Waals surface area (Å²) < 4.78 is 24.0. The summed E-state index contributed by atoms with van der Waals surface area (Å²) in [6.45, 7) is 3.55. The summed E-state index contributed by atoms with van der Waals surface area (Å²) in [5, 5.41) is 5.69. The van der Waals surface area contributed by atoms with Crippen LogP contribution in [0.3, 0.4) is 0 Å². The van der Waals surface area contributed by atoms with Crippen LogP contribution < -0.4 is 20.8 Å². The fourth-order valence-electron chi connectivity index (χ4n) is 2.64. The molecular weight excluding hydrogens is 462 g/mol. The third-order valence-corrected chi connectivity index (χ3v) is 4.75. The van der Waals surface area contributed by atoms with E-state index in [9.17, 15) is 18.8 Å². The SMILES string of the molecule is C=C(CCNC(=O)COc1ccc(Cl)c(F)c1)NC(=O)c1cc(=O)c2cc(Cl)ccc2o1. The number of carbonyl (C=O) groups is 2. The van der Waals surface area contributed by atoms with Crippen molar-refractivity contribution < 1.29 is 23.1 Å². The number of amides is 2. The number of ether oxygens (including phenoxy) is 1. The smallest absolute Gasteiger partial charge is 0.291 e. The van der Waals surface area contributed by atoms with Gasteiger partial charge in [-0.2, -0.15) is 0 Å². The number of hydrogen-bond acceptors (Lipinski definition) is 5. The minimum Gasteiger partial charge on any atom is -0.484 e. The zero-order chi connectivity index (χ0) is 23.3. The number of nitrogens with one attached hydrogen (secondary N) is 2. The molecule has 3 rings (SSSR count). The van der Waals surface area contributed by atoms with Crippen LogP contribution in [0.1, 0.15) is 17.0 Å². The first-order chi connectivity index (χ1) is 15.2. The molecule has 0 spiro atoms. The summed E-state index contributed by atoms with van der Waals surface area (Å²) in [5.41, 5.74) is 0.123. The van der Waals surface area contributed by atoms with Crippen molar-refractivity contribution in [2.45, 2.75) is 6.42 Å². The van der Waals surface area contributed by atoms with Gasteiger partial charge in [-0.3, -0.25) is 14.4 Å². The van der Waals surface area contributed by atoms with Gasteiger partial charge in [0.2, 0.25) is 0 Å². The molecule has 10 heteroatoms. The molecule has 32 heavy (non-hydrogen) atoms. The van der Waals surface area contributed by atoms with E-state index in [1.807, 2.05) is 0 Å². The Hall–Kier alpha value is -3.36. The van der Waals surface area contributed by atoms with Crippen molar-refractivity contribution in [3.05, 3.63) is 86.6 Å². The Labute approximate surface area is 191 Å². The van der Waals surface area contributed by atoms with Gasteiger partial charge in [-0.25, -0.2) is 4.39 Å². The van der Waals surface area contributed by atoms with Crippen LogP contribution in [0.2, 0.25) is 10.0 Å². The summed E-state index contributed by atoms with van der Waals surface area (Å²) in [4.78, 5) is 36.4. The Balaban J connectivity index is 1.46. The highest BCUT2D eigenvalue weighted by molar-refractivity contribution is 6.31. The van der Waals surface area contributed by atoms with Gasteiger partial charge in [0, 0.05) is 35.8 Å². The third-order valence-electron chi connectivity index (χ3n) is 4.21. The highest BCUT2D eigenvalue weighted by Gasteiger charge is 2.14. The minimum atomic E-state index is -0.650. The van der Waals surface area contributed by atoms with E-state index in [4.69, 9.17) is 32.4 Å². The van der Waals surface area contributed by atoms with Crippen molar-refractivity contribution in [2.24, 2.45) is 0 Å². The fraction of sp³-hybridized carbons (Fsp3) is 0.136. The molecule has 0 bridgehead atoms. The monoisotopic (exact) mass is 478 g/mol. The Morgan fingerprint density at radius 2 is 1.91 bits per heavy atom. The molecule has 0 fully saturated rings. The molecule has 0 aliphatic heterocycles. The van der Waals surface area contributed by atoms with Gasteiger partial charge in [0.25, 0.3) is 11.8 Å². The van der Waals surface area contributed by atoms with Gasteiger partial charge < -0.3 is 19.8 Å². The van der Waals surface area contributed by atoms with E-state index in [2.05, 4.69) is 17.2 Å². The molecule has 0 unspecified atom stereocenters. The van der Waals surface area contributed by atoms with Gasteiger partial charge in [-0.15, -0.1) is 0 Å². The highest BCUT2D eigenvalue weighted by Crippen LogP contribution is 2.20. The molecular formula is C22H17Cl2FN2O5. The standard InChI is InChI=1S/C22H17Cl2FN2O5/c1-12(6-7-26-21(29)11-31-14-3-4-16(24)17(25)9-14)27-22(30)20-10-18(28)15-8-13(23)2-5-19(15)32-20/h2-5,8-10H,1,6-7,11H2,(H,26,29)(H,27,30). The van der Waals surface area contributed by atoms with Crippen LogP contribution in [-0.4, -0.2) is 25.0 Å². The zero-order valence-electron chi connectivity index (χ0n) is 16.5. The quantitative estimate of drug-likeness (QED) is 0.508. The van der Waals surface area contributed by atoms with E-state index in [0.717, 1.165) is 12.1 Å². The lowest BCUT2D eigenvalue weighted by molar-refractivity contribution is -0.123. The normalized spacial score (nSPS) is 10.6. The number of carbonyl (C=O) groups excluding carboxylic acids is 2. The Morgan fingerprint density at radius 3 is 2.66 bits per heavy atom. The first-order valence-electron chi connectivity index (χ1n) is 9.30. The number of halogens is 3. The summed E-state index contributed by atoms with van der Waals surface area (Å²) in [5.74, 6) is -1.76. The van der Waals surface area contributed by atoms with Crippen LogP contribution in [0.15, 0.2) is 64.0 Å². The molecule has 2 N–H and O–H groups in total. The van der Waals surface area contributed by atoms with E-state index in [1.165, 1.54) is 24.3 Å². The molecule has 2 amide bonds. The topological polar surface area (TPSA) is 97.6 Å². The van der Waals surface area contributed by atoms with Gasteiger partial charge in [0.15, 0.2) is 17.8 Å². The molecule has 1 heterocycles. The van der Waals surface area contributed by atoms with Crippen molar-refractivity contribution in [2.75, 3.05) is 13.2 Å². The third kappa shape index (κ3) is 6.09. The summed E-state index contributed by atoms with van der Waals surface area (Å²) in [6.07, 6.45) is 0.223. The highest BCUT2D eigenvalue weighted by atomic mass is 35.5. The van der Waals surface area contributed by atoms with Gasteiger partial charge in [0.1, 0.15) is 17.1 Å². The van der Waals surface area contributed by atoms with Crippen LogP contribution in [-0.2, 0) is 4.79 Å². The summed E-state index contributed by atoms with van der Waals surface area (Å²) >= 11 is 11.4. The van der Waals surface area contributed by atoms with Crippen LogP contribution in [0.4, 0.5) is 4.39 Å². The lowest BCUT2D eigenvalue weighted by atomic mass is 10.2. The van der Waals surface area contributed by atoms with Gasteiger partial charge in [-0.05, 0) is 30.3 Å². The molecule has 3 aromatic rings. The van der Waals surface area contributed by atoms with Crippen LogP contribution in [0, 0.1) is 5.82 Å². The number of rotatable bonds is 8. The molecule has 0 saturated carbocycles. The second-order valence-corrected chi connectivity index (χ2v) is 7.48. The lowest BCUT2D eigenvalue weighted by Crippen LogP contribution is -2.31. The molecule has 0 aliphatic rings. The van der Waals surface area contributed by atoms with Crippen LogP contribution in [0.5, 0.6) is 5.75 Å². The number of benzene rings is 2. The van der Waals surface area contributed by atoms with E-state index in [0.29, 0.717) is 10.7 Å². The van der Waals surface area contributed by atoms with E-state index < -0.39 is 23.1 Å². The van der Waals surface area contributed by atoms with Crippen molar-refractivity contribution in [3.63, 3.8) is 0 Å². The first-order valence-corrected chi connectivity index (χ1v) is 10.1. The van der Waals surface area contributed by atoms with Crippen LogP contribution in [0.25, 0.3) is 11.0 Å². The predicted octanol–water partition coefficient (Wildman–Crippen LogP) is 4.07. The molecule has 2 aromatic carbocycles. The zero-order valence-corrected chi connectivity index (χ0v) is 18.1. The lowest BCUT2D eigenvalue weighted by Gasteiger charge is -2.10. The summed E-state index contributed by atoms with van der Waals surface area (Å²) in [7, 11) is 0. The molecule has 0 aliphatic carbocycles. The molecule has 0 atom stereocenters. The van der Waals surface area contributed by atoms with E-state index in [-0.39, 0.29) is 47.1 Å². The number of hydrogen-bond donors (Lipinski definition) is 2. The van der Waals surface area contributed by atoms with Crippen molar-refractivity contribution in [3.8, 4) is 5.75 Å². The van der Waals surface area contributed by atoms with E-state index in [1.54, 1.807) is 6.07 Å². The average Bonchev–Trinajstić information content (AvgIpc) is 2.75. The Bertz CT molecular complexity index is 1260. The van der Waals surface area contributed by atoms with Gasteiger partial charge in [0.05, 0.1) is 10.4 Å². The molecule has 0 saturated heterocycles. The predicted molar refractivity (Wildman–Crippen MR) is 119 cm³/mol. The molecule has 166 valence electrons. The van der Waals surface area contributed by atoms with Crippen molar-refractivity contribution >= 4 is 46.0 Å². The van der Waals surface area contributed by atoms with Crippen molar-refractivity contribution in [1.82, 2.24) is 10.6 Å². The second kappa shape index (κ2) is 10.3. The molecule has 7 nitrogen and oxygen atoms in total. The maximum atomic E-state index is 13.4. The molecule has 1 aromatic heterocycles. The minimum absolute atomic E-state index is 0.0466. The first kappa shape index (κ1) is 23.3. The van der Waals surface area contributed by atoms with Crippen LogP contribution >= 0.6 is 23.2 Å². The number of fused-ring (bicyclic) bond motifs is 1. The Morgan fingerprint density at radius 1 is 1.12 bits per heavy atom. The van der Waals surface area contributed by atoms with Gasteiger partial charge in [-0.1, -0.05) is 29.8 Å². The average molecular weight is 479 g/mol. The maximum Gasteiger partial charge on any atom is 0.291 e.